The summed E-state index contributed by atoms with van der Waals surface area (Å²) < 4.78 is 16.5. The number of nitrogens with one attached hydrogen (secondary N) is 1. The van der Waals surface area contributed by atoms with Gasteiger partial charge in [0.15, 0.2) is 5.78 Å². The first-order chi connectivity index (χ1) is 13.3. The van der Waals surface area contributed by atoms with Gasteiger partial charge in [-0.3, -0.25) is 4.79 Å². The molecule has 1 N–H and O–H groups in total. The van der Waals surface area contributed by atoms with Crippen molar-refractivity contribution in [3.05, 3.63) is 53.6 Å². The second-order valence-electron chi connectivity index (χ2n) is 7.34. The average Bonchev–Trinajstić information content (AvgIpc) is 2.70. The van der Waals surface area contributed by atoms with Gasteiger partial charge in [-0.15, -0.1) is 0 Å². The number of carbonyl (C=O) groups excluding carboxylic acids is 1. The minimum Gasteiger partial charge on any atom is -0.497 e. The second kappa shape index (κ2) is 10.1. The SMILES string of the molecule is COc1ccc(C(NC(C)C)c2ccc(OCC(=O)C(C)C)cc2)c(OC)c1. The van der Waals surface area contributed by atoms with Crippen LogP contribution >= 0.6 is 0 Å². The summed E-state index contributed by atoms with van der Waals surface area (Å²) in [6.45, 7) is 8.06. The van der Waals surface area contributed by atoms with Gasteiger partial charge in [-0.25, -0.2) is 0 Å². The van der Waals surface area contributed by atoms with E-state index in [1.807, 2.05) is 56.3 Å². The van der Waals surface area contributed by atoms with E-state index in [0.29, 0.717) is 5.75 Å². The fraction of sp³-hybridized carbons (Fsp3) is 0.435. The van der Waals surface area contributed by atoms with Crippen molar-refractivity contribution in [2.24, 2.45) is 5.92 Å². The predicted octanol–water partition coefficient (Wildman–Crippen LogP) is 4.40. The van der Waals surface area contributed by atoms with Gasteiger partial charge in [-0.1, -0.05) is 26.0 Å². The van der Waals surface area contributed by atoms with Crippen molar-refractivity contribution >= 4 is 5.78 Å². The van der Waals surface area contributed by atoms with Gasteiger partial charge < -0.3 is 19.5 Å². The summed E-state index contributed by atoms with van der Waals surface area (Å²) in [7, 11) is 3.30. The van der Waals surface area contributed by atoms with Crippen molar-refractivity contribution in [1.29, 1.82) is 0 Å². The smallest absolute Gasteiger partial charge is 0.172 e. The molecular weight excluding hydrogens is 354 g/mol. The Hall–Kier alpha value is -2.53. The average molecular weight is 386 g/mol. The van der Waals surface area contributed by atoms with E-state index in [0.717, 1.165) is 22.6 Å². The number of hydrogen-bond donors (Lipinski definition) is 1. The second-order valence-corrected chi connectivity index (χ2v) is 7.34. The molecular formula is C23H31NO4. The molecule has 0 aromatic heterocycles. The van der Waals surface area contributed by atoms with E-state index < -0.39 is 0 Å². The van der Waals surface area contributed by atoms with E-state index in [1.54, 1.807) is 14.2 Å². The molecule has 0 radical (unpaired) electrons. The van der Waals surface area contributed by atoms with Gasteiger partial charge in [-0.2, -0.15) is 0 Å². The van der Waals surface area contributed by atoms with Crippen LogP contribution in [0.5, 0.6) is 17.2 Å². The number of rotatable bonds is 10. The number of carbonyl (C=O) groups is 1. The minimum absolute atomic E-state index is 0.0265. The van der Waals surface area contributed by atoms with Crippen molar-refractivity contribution in [2.75, 3.05) is 20.8 Å². The number of methoxy groups -OCH3 is 2. The summed E-state index contributed by atoms with van der Waals surface area (Å²) in [4.78, 5) is 11.8. The lowest BCUT2D eigenvalue weighted by Gasteiger charge is -2.24. The molecule has 0 fully saturated rings. The van der Waals surface area contributed by atoms with Crippen LogP contribution in [0.1, 0.15) is 44.9 Å². The molecule has 28 heavy (non-hydrogen) atoms. The molecule has 0 saturated carbocycles. The monoisotopic (exact) mass is 385 g/mol. The molecule has 0 spiro atoms. The van der Waals surface area contributed by atoms with E-state index in [2.05, 4.69) is 19.2 Å². The first-order valence-electron chi connectivity index (χ1n) is 9.59. The number of Topliss-reactive ketones (excluding diaryl/α,β-unsaturated/α-hetero) is 1. The summed E-state index contributed by atoms with van der Waals surface area (Å²) in [6, 6.07) is 13.9. The maximum atomic E-state index is 11.8. The zero-order valence-corrected chi connectivity index (χ0v) is 17.6. The zero-order valence-electron chi connectivity index (χ0n) is 17.6. The van der Waals surface area contributed by atoms with Gasteiger partial charge >= 0.3 is 0 Å². The molecule has 0 aliphatic carbocycles. The highest BCUT2D eigenvalue weighted by Gasteiger charge is 2.20. The van der Waals surface area contributed by atoms with Gasteiger partial charge in [0.05, 0.1) is 20.3 Å². The lowest BCUT2D eigenvalue weighted by molar-refractivity contribution is -0.123. The molecule has 0 saturated heterocycles. The maximum Gasteiger partial charge on any atom is 0.172 e. The molecule has 2 aromatic carbocycles. The maximum absolute atomic E-state index is 11.8. The van der Waals surface area contributed by atoms with Crippen LogP contribution in [0.3, 0.4) is 0 Å². The fourth-order valence-corrected chi connectivity index (χ4v) is 2.83. The predicted molar refractivity (Wildman–Crippen MR) is 111 cm³/mol. The van der Waals surface area contributed by atoms with Crippen molar-refractivity contribution < 1.29 is 19.0 Å². The van der Waals surface area contributed by atoms with Crippen LogP contribution in [0.15, 0.2) is 42.5 Å². The lowest BCUT2D eigenvalue weighted by Crippen LogP contribution is -2.29. The van der Waals surface area contributed by atoms with Crippen molar-refractivity contribution in [3.8, 4) is 17.2 Å². The number of ether oxygens (including phenoxy) is 3. The van der Waals surface area contributed by atoms with Crippen LogP contribution in [0.2, 0.25) is 0 Å². The molecule has 2 aromatic rings. The van der Waals surface area contributed by atoms with Crippen molar-refractivity contribution in [3.63, 3.8) is 0 Å². The minimum atomic E-state index is -0.0489. The molecule has 2 rings (SSSR count). The molecule has 0 amide bonds. The van der Waals surface area contributed by atoms with E-state index >= 15 is 0 Å². The van der Waals surface area contributed by atoms with Gasteiger partial charge in [-0.05, 0) is 43.7 Å². The Bertz CT molecular complexity index is 769. The highest BCUT2D eigenvalue weighted by molar-refractivity contribution is 5.81. The number of ketones is 1. The summed E-state index contributed by atoms with van der Waals surface area (Å²) in [6.07, 6.45) is 0. The molecule has 152 valence electrons. The quantitative estimate of drug-likeness (QED) is 0.657. The highest BCUT2D eigenvalue weighted by Crippen LogP contribution is 2.34. The van der Waals surface area contributed by atoms with Gasteiger partial charge in [0.2, 0.25) is 0 Å². The molecule has 0 heterocycles. The Balaban J connectivity index is 2.27. The summed E-state index contributed by atoms with van der Waals surface area (Å²) in [5, 5.41) is 3.59. The van der Waals surface area contributed by atoms with Crippen LogP contribution in [-0.2, 0) is 4.79 Å². The summed E-state index contributed by atoms with van der Waals surface area (Å²) in [5.74, 6) is 2.26. The molecule has 1 unspecified atom stereocenters. The lowest BCUT2D eigenvalue weighted by atomic mass is 9.96. The number of benzene rings is 2. The molecule has 1 atom stereocenters. The van der Waals surface area contributed by atoms with Crippen LogP contribution in [-0.4, -0.2) is 32.7 Å². The third kappa shape index (κ3) is 5.73. The molecule has 0 aliphatic heterocycles. The topological polar surface area (TPSA) is 56.8 Å². The Morgan fingerprint density at radius 2 is 1.57 bits per heavy atom. The third-order valence-corrected chi connectivity index (χ3v) is 4.49. The normalized spacial score (nSPS) is 12.1. The Labute approximate surface area is 168 Å². The molecule has 5 heteroatoms. The van der Waals surface area contributed by atoms with Crippen molar-refractivity contribution in [1.82, 2.24) is 5.32 Å². The summed E-state index contributed by atoms with van der Waals surface area (Å²) >= 11 is 0. The van der Waals surface area contributed by atoms with Crippen LogP contribution in [0.25, 0.3) is 0 Å². The molecule has 5 nitrogen and oxygen atoms in total. The molecule has 0 aliphatic rings. The van der Waals surface area contributed by atoms with Crippen LogP contribution in [0.4, 0.5) is 0 Å². The Morgan fingerprint density at radius 1 is 0.929 bits per heavy atom. The van der Waals surface area contributed by atoms with E-state index in [9.17, 15) is 4.79 Å². The highest BCUT2D eigenvalue weighted by atomic mass is 16.5. The van der Waals surface area contributed by atoms with Gasteiger partial charge in [0.1, 0.15) is 23.9 Å². The third-order valence-electron chi connectivity index (χ3n) is 4.49. The van der Waals surface area contributed by atoms with E-state index in [1.165, 1.54) is 0 Å². The van der Waals surface area contributed by atoms with Crippen LogP contribution in [0, 0.1) is 5.92 Å². The summed E-state index contributed by atoms with van der Waals surface area (Å²) in [5.41, 5.74) is 2.11. The van der Waals surface area contributed by atoms with Gasteiger partial charge in [0, 0.05) is 23.6 Å². The Morgan fingerprint density at radius 3 is 2.11 bits per heavy atom. The Kier molecular flexibility index (Phi) is 7.88. The van der Waals surface area contributed by atoms with E-state index in [-0.39, 0.29) is 30.4 Å². The van der Waals surface area contributed by atoms with Gasteiger partial charge in [0.25, 0.3) is 0 Å². The van der Waals surface area contributed by atoms with Crippen LogP contribution < -0.4 is 19.5 Å². The zero-order chi connectivity index (χ0) is 20.7. The number of hydrogen-bond acceptors (Lipinski definition) is 5. The largest absolute Gasteiger partial charge is 0.497 e. The fourth-order valence-electron chi connectivity index (χ4n) is 2.83. The van der Waals surface area contributed by atoms with Crippen molar-refractivity contribution in [2.45, 2.75) is 39.8 Å². The standard InChI is InChI=1S/C23H31NO4/c1-15(2)21(25)14-28-18-9-7-17(8-10-18)23(24-16(3)4)20-12-11-19(26-5)13-22(20)27-6/h7-13,15-16,23-24H,14H2,1-6H3. The van der Waals surface area contributed by atoms with E-state index in [4.69, 9.17) is 14.2 Å². The molecule has 0 bridgehead atoms. The first kappa shape index (κ1) is 21.8. The first-order valence-corrected chi connectivity index (χ1v) is 9.59.